The monoisotopic (exact) mass is 358 g/mol. The van der Waals surface area contributed by atoms with E-state index in [1.54, 1.807) is 0 Å². The fourth-order valence-corrected chi connectivity index (χ4v) is 3.84. The van der Waals surface area contributed by atoms with Gasteiger partial charge in [0.15, 0.2) is 0 Å². The van der Waals surface area contributed by atoms with Gasteiger partial charge in [0.25, 0.3) is 0 Å². The van der Waals surface area contributed by atoms with E-state index in [2.05, 4.69) is 5.32 Å². The third-order valence-electron chi connectivity index (χ3n) is 5.05. The van der Waals surface area contributed by atoms with Crippen LogP contribution in [0, 0.1) is 23.6 Å². The van der Waals surface area contributed by atoms with Crippen molar-refractivity contribution in [1.82, 2.24) is 5.32 Å². The maximum absolute atomic E-state index is 12.8. The second-order valence-corrected chi connectivity index (χ2v) is 6.60. The Morgan fingerprint density at radius 2 is 2.00 bits per heavy atom. The molecule has 1 aromatic carbocycles. The van der Waals surface area contributed by atoms with E-state index in [-0.39, 0.29) is 49.2 Å². The summed E-state index contributed by atoms with van der Waals surface area (Å²) in [6.45, 7) is 0.162. The van der Waals surface area contributed by atoms with Crippen LogP contribution in [0.25, 0.3) is 0 Å². The largest absolute Gasteiger partial charge is 0.491 e. The lowest BCUT2D eigenvalue weighted by molar-refractivity contribution is -0.127. The first-order valence-electron chi connectivity index (χ1n) is 8.14. The van der Waals surface area contributed by atoms with Gasteiger partial charge >= 0.3 is 0 Å². The van der Waals surface area contributed by atoms with Crippen LogP contribution < -0.4 is 15.8 Å². The number of hydrogen-bond donors (Lipinski definition) is 3. The smallest absolute Gasteiger partial charge is 0.225 e. The molecule has 2 aliphatic carbocycles. The number of amides is 1. The molecule has 0 spiro atoms. The van der Waals surface area contributed by atoms with E-state index in [9.17, 15) is 14.3 Å². The van der Waals surface area contributed by atoms with E-state index in [4.69, 9.17) is 10.5 Å². The summed E-state index contributed by atoms with van der Waals surface area (Å²) in [6, 6.07) is 5.52. The number of nitrogens with one attached hydrogen (secondary N) is 1. The zero-order valence-corrected chi connectivity index (χ0v) is 14.2. The zero-order valence-electron chi connectivity index (χ0n) is 13.4. The van der Waals surface area contributed by atoms with Crippen molar-refractivity contribution in [2.75, 3.05) is 13.2 Å². The predicted molar refractivity (Wildman–Crippen MR) is 90.5 cm³/mol. The van der Waals surface area contributed by atoms with Gasteiger partial charge in [-0.15, -0.1) is 12.4 Å². The number of fused-ring (bicyclic) bond motifs is 2. The van der Waals surface area contributed by atoms with Crippen LogP contribution in [-0.4, -0.2) is 36.3 Å². The van der Waals surface area contributed by atoms with Crippen LogP contribution in [0.15, 0.2) is 24.3 Å². The number of rotatable bonds is 6. The minimum absolute atomic E-state index is 0. The van der Waals surface area contributed by atoms with Gasteiger partial charge in [-0.1, -0.05) is 0 Å². The summed E-state index contributed by atoms with van der Waals surface area (Å²) in [5.41, 5.74) is 6.14. The molecule has 24 heavy (non-hydrogen) atoms. The molecule has 134 valence electrons. The molecule has 0 radical (unpaired) electrons. The third kappa shape index (κ3) is 4.18. The molecule has 0 aliphatic heterocycles. The van der Waals surface area contributed by atoms with E-state index in [1.165, 1.54) is 24.3 Å². The van der Waals surface area contributed by atoms with Crippen molar-refractivity contribution in [2.24, 2.45) is 23.5 Å². The molecule has 1 aromatic rings. The maximum Gasteiger partial charge on any atom is 0.225 e. The first-order chi connectivity index (χ1) is 11.0. The highest BCUT2D eigenvalue weighted by molar-refractivity contribution is 5.85. The number of carbonyl (C=O) groups is 1. The predicted octanol–water partition coefficient (Wildman–Crippen LogP) is 1.48. The van der Waals surface area contributed by atoms with Gasteiger partial charge in [-0.25, -0.2) is 4.39 Å². The van der Waals surface area contributed by atoms with Crippen molar-refractivity contribution in [2.45, 2.75) is 31.4 Å². The summed E-state index contributed by atoms with van der Waals surface area (Å²) in [4.78, 5) is 12.3. The third-order valence-corrected chi connectivity index (χ3v) is 5.05. The van der Waals surface area contributed by atoms with Crippen molar-refractivity contribution < 1.29 is 19.0 Å². The summed E-state index contributed by atoms with van der Waals surface area (Å²) in [5, 5.41) is 12.7. The van der Waals surface area contributed by atoms with E-state index in [0.29, 0.717) is 17.6 Å². The van der Waals surface area contributed by atoms with Crippen molar-refractivity contribution in [3.05, 3.63) is 30.1 Å². The van der Waals surface area contributed by atoms with Gasteiger partial charge < -0.3 is 20.9 Å². The Hall–Kier alpha value is -1.37. The molecule has 0 saturated heterocycles. The standard InChI is InChI=1S/C17H23FN2O3.ClH/c18-12-3-5-14(6-4-12)23-9-13(21)8-20-17(22)15-10-1-2-11(7-10)16(15)19;/h3-6,10-11,13,15-16,21H,1-2,7-9,19H2,(H,20,22);1H. The van der Waals surface area contributed by atoms with Gasteiger partial charge in [0, 0.05) is 12.6 Å². The van der Waals surface area contributed by atoms with Gasteiger partial charge in [-0.3, -0.25) is 4.79 Å². The Morgan fingerprint density at radius 1 is 1.33 bits per heavy atom. The number of nitrogens with two attached hydrogens (primary N) is 1. The molecular weight excluding hydrogens is 335 g/mol. The second-order valence-electron chi connectivity index (χ2n) is 6.60. The van der Waals surface area contributed by atoms with Crippen LogP contribution in [0.5, 0.6) is 5.75 Å². The van der Waals surface area contributed by atoms with Crippen LogP contribution in [0.3, 0.4) is 0 Å². The average Bonchev–Trinajstić information content (AvgIpc) is 3.13. The van der Waals surface area contributed by atoms with E-state index in [1.807, 2.05) is 0 Å². The van der Waals surface area contributed by atoms with Crippen molar-refractivity contribution in [3.63, 3.8) is 0 Å². The Kier molecular flexibility index (Phi) is 6.43. The van der Waals surface area contributed by atoms with Gasteiger partial charge in [-0.2, -0.15) is 0 Å². The normalized spacial score (nSPS) is 29.0. The summed E-state index contributed by atoms with van der Waals surface area (Å²) >= 11 is 0. The van der Waals surface area contributed by atoms with Gasteiger partial charge in [0.05, 0.1) is 5.92 Å². The molecule has 3 rings (SSSR count). The summed E-state index contributed by atoms with van der Waals surface area (Å²) < 4.78 is 18.1. The lowest BCUT2D eigenvalue weighted by atomic mass is 9.84. The molecule has 0 heterocycles. The van der Waals surface area contributed by atoms with Crippen LogP contribution in [-0.2, 0) is 4.79 Å². The summed E-state index contributed by atoms with van der Waals surface area (Å²) in [5.74, 6) is 0.814. The van der Waals surface area contributed by atoms with Crippen molar-refractivity contribution in [1.29, 1.82) is 0 Å². The molecule has 2 aliphatic rings. The number of halogens is 2. The number of hydrogen-bond acceptors (Lipinski definition) is 4. The zero-order chi connectivity index (χ0) is 16.4. The fourth-order valence-electron chi connectivity index (χ4n) is 3.84. The molecule has 5 nitrogen and oxygen atoms in total. The number of aliphatic hydroxyl groups excluding tert-OH is 1. The minimum atomic E-state index is -0.821. The lowest BCUT2D eigenvalue weighted by Gasteiger charge is -2.27. The molecule has 2 saturated carbocycles. The molecule has 2 fully saturated rings. The topological polar surface area (TPSA) is 84.6 Å². The van der Waals surface area contributed by atoms with Crippen molar-refractivity contribution in [3.8, 4) is 5.75 Å². The molecule has 0 aromatic heterocycles. The van der Waals surface area contributed by atoms with Gasteiger partial charge in [-0.05, 0) is 55.4 Å². The van der Waals surface area contributed by atoms with E-state index < -0.39 is 6.10 Å². The highest BCUT2D eigenvalue weighted by Crippen LogP contribution is 2.47. The molecule has 5 atom stereocenters. The first kappa shape index (κ1) is 19.0. The van der Waals surface area contributed by atoms with Crippen LogP contribution in [0.4, 0.5) is 4.39 Å². The Balaban J connectivity index is 0.00000208. The average molecular weight is 359 g/mol. The molecule has 7 heteroatoms. The van der Waals surface area contributed by atoms with E-state index in [0.717, 1.165) is 19.3 Å². The number of benzene rings is 1. The molecule has 2 bridgehead atoms. The quantitative estimate of drug-likeness (QED) is 0.719. The first-order valence-corrected chi connectivity index (χ1v) is 8.14. The molecule has 1 amide bonds. The summed E-state index contributed by atoms with van der Waals surface area (Å²) in [7, 11) is 0. The molecular formula is C17H24ClFN2O3. The fraction of sp³-hybridized carbons (Fsp3) is 0.588. The number of aliphatic hydroxyl groups is 1. The highest BCUT2D eigenvalue weighted by Gasteiger charge is 2.48. The van der Waals surface area contributed by atoms with Crippen LogP contribution in [0.2, 0.25) is 0 Å². The molecule has 4 N–H and O–H groups in total. The Bertz CT molecular complexity index is 555. The summed E-state index contributed by atoms with van der Waals surface area (Å²) in [6.07, 6.45) is 2.44. The highest BCUT2D eigenvalue weighted by atomic mass is 35.5. The van der Waals surface area contributed by atoms with E-state index >= 15 is 0 Å². The lowest BCUT2D eigenvalue weighted by Crippen LogP contribution is -2.47. The van der Waals surface area contributed by atoms with Crippen LogP contribution in [0.1, 0.15) is 19.3 Å². The second kappa shape index (κ2) is 8.14. The molecule has 5 unspecified atom stereocenters. The van der Waals surface area contributed by atoms with Crippen molar-refractivity contribution >= 4 is 18.3 Å². The number of ether oxygens (including phenoxy) is 1. The Morgan fingerprint density at radius 3 is 2.62 bits per heavy atom. The van der Waals surface area contributed by atoms with Crippen LogP contribution >= 0.6 is 12.4 Å². The SMILES string of the molecule is Cl.NC1C2CCC(C2)C1C(=O)NCC(O)COc1ccc(F)cc1. The maximum atomic E-state index is 12.8. The van der Waals surface area contributed by atoms with Gasteiger partial charge in [0.1, 0.15) is 24.3 Å². The minimum Gasteiger partial charge on any atom is -0.491 e. The van der Waals surface area contributed by atoms with Gasteiger partial charge in [0.2, 0.25) is 5.91 Å². The Labute approximate surface area is 147 Å². The number of carbonyl (C=O) groups excluding carboxylic acids is 1.